The molecular formula is C19H21N3S. The van der Waals surface area contributed by atoms with Crippen LogP contribution in [0.5, 0.6) is 0 Å². The molecule has 3 rings (SSSR count). The Morgan fingerprint density at radius 3 is 2.70 bits per heavy atom. The zero-order chi connectivity index (χ0) is 16.4. The Bertz CT molecular complexity index is 864. The van der Waals surface area contributed by atoms with Gasteiger partial charge in [0.1, 0.15) is 0 Å². The number of hydrogen-bond donors (Lipinski definition) is 3. The van der Waals surface area contributed by atoms with Gasteiger partial charge in [-0.05, 0) is 79.3 Å². The number of rotatable bonds is 3. The summed E-state index contributed by atoms with van der Waals surface area (Å²) in [5.74, 6) is 0. The molecule has 23 heavy (non-hydrogen) atoms. The fourth-order valence-electron chi connectivity index (χ4n) is 2.66. The van der Waals surface area contributed by atoms with E-state index < -0.39 is 0 Å². The fourth-order valence-corrected chi connectivity index (χ4v) is 2.84. The van der Waals surface area contributed by atoms with E-state index in [2.05, 4.69) is 78.9 Å². The van der Waals surface area contributed by atoms with Gasteiger partial charge in [0.05, 0.1) is 0 Å². The van der Waals surface area contributed by atoms with Crippen LogP contribution in [-0.4, -0.2) is 10.1 Å². The van der Waals surface area contributed by atoms with E-state index in [-0.39, 0.29) is 0 Å². The van der Waals surface area contributed by atoms with Gasteiger partial charge in [0, 0.05) is 23.4 Å². The van der Waals surface area contributed by atoms with Gasteiger partial charge in [-0.25, -0.2) is 0 Å². The highest BCUT2D eigenvalue weighted by molar-refractivity contribution is 7.80. The highest BCUT2D eigenvalue weighted by atomic mass is 32.1. The first kappa shape index (κ1) is 15.6. The number of aromatic amines is 1. The lowest BCUT2D eigenvalue weighted by atomic mass is 10.1. The third-order valence-electron chi connectivity index (χ3n) is 3.91. The molecule has 0 aliphatic carbocycles. The molecule has 0 aliphatic heterocycles. The zero-order valence-corrected chi connectivity index (χ0v) is 14.5. The monoisotopic (exact) mass is 323 g/mol. The fraction of sp³-hybridized carbons (Fsp3) is 0.211. The summed E-state index contributed by atoms with van der Waals surface area (Å²) in [5, 5.41) is 8.43. The Kier molecular flexibility index (Phi) is 4.35. The first-order chi connectivity index (χ1) is 11.0. The van der Waals surface area contributed by atoms with Crippen molar-refractivity contribution in [3.63, 3.8) is 0 Å². The molecule has 0 fully saturated rings. The summed E-state index contributed by atoms with van der Waals surface area (Å²) in [6.45, 7) is 6.93. The predicted octanol–water partition coefficient (Wildman–Crippen LogP) is 4.58. The molecule has 0 atom stereocenters. The summed E-state index contributed by atoms with van der Waals surface area (Å²) >= 11 is 5.41. The van der Waals surface area contributed by atoms with Crippen molar-refractivity contribution in [2.45, 2.75) is 27.3 Å². The van der Waals surface area contributed by atoms with Crippen LogP contribution in [0.15, 0.2) is 42.5 Å². The van der Waals surface area contributed by atoms with Crippen LogP contribution < -0.4 is 10.6 Å². The van der Waals surface area contributed by atoms with E-state index in [0.717, 1.165) is 5.69 Å². The molecular weight excluding hydrogens is 302 g/mol. The molecule has 0 unspecified atom stereocenters. The Labute approximate surface area is 142 Å². The lowest BCUT2D eigenvalue weighted by molar-refractivity contribution is 0.927. The standard InChI is InChI=1S/C19H21N3S/c1-12-4-5-13(2)18(8-12)22-19(23)20-11-15-6-7-17-16(10-15)9-14(3)21-17/h4-10,21H,11H2,1-3H3,(H2,20,22,23). The molecule has 2 aromatic carbocycles. The van der Waals surface area contributed by atoms with E-state index in [0.29, 0.717) is 11.7 Å². The van der Waals surface area contributed by atoms with Crippen LogP contribution in [0.25, 0.3) is 10.9 Å². The van der Waals surface area contributed by atoms with Crippen molar-refractivity contribution >= 4 is 33.9 Å². The van der Waals surface area contributed by atoms with Gasteiger partial charge in [0.25, 0.3) is 0 Å². The van der Waals surface area contributed by atoms with E-state index in [4.69, 9.17) is 12.2 Å². The second-order valence-corrected chi connectivity index (χ2v) is 6.41. The number of aromatic nitrogens is 1. The number of thiocarbonyl (C=S) groups is 1. The molecule has 1 heterocycles. The molecule has 0 saturated carbocycles. The number of aryl methyl sites for hydroxylation is 3. The molecule has 0 radical (unpaired) electrons. The third kappa shape index (κ3) is 3.71. The smallest absolute Gasteiger partial charge is 0.171 e. The quantitative estimate of drug-likeness (QED) is 0.618. The number of hydrogen-bond acceptors (Lipinski definition) is 1. The van der Waals surface area contributed by atoms with Gasteiger partial charge >= 0.3 is 0 Å². The van der Waals surface area contributed by atoms with Crippen molar-refractivity contribution in [1.82, 2.24) is 10.3 Å². The molecule has 1 aromatic heterocycles. The molecule has 3 nitrogen and oxygen atoms in total. The molecule has 4 heteroatoms. The second-order valence-electron chi connectivity index (χ2n) is 6.00. The van der Waals surface area contributed by atoms with Crippen LogP contribution in [0.2, 0.25) is 0 Å². The number of benzene rings is 2. The van der Waals surface area contributed by atoms with E-state index in [1.54, 1.807) is 0 Å². The Hall–Kier alpha value is -2.33. The summed E-state index contributed by atoms with van der Waals surface area (Å²) < 4.78 is 0. The van der Waals surface area contributed by atoms with E-state index in [1.807, 2.05) is 0 Å². The van der Waals surface area contributed by atoms with Crippen LogP contribution >= 0.6 is 12.2 Å². The summed E-state index contributed by atoms with van der Waals surface area (Å²) in [4.78, 5) is 3.34. The number of nitrogens with one attached hydrogen (secondary N) is 3. The molecule has 0 aliphatic rings. The Morgan fingerprint density at radius 2 is 1.87 bits per heavy atom. The third-order valence-corrected chi connectivity index (χ3v) is 4.16. The van der Waals surface area contributed by atoms with E-state index >= 15 is 0 Å². The van der Waals surface area contributed by atoms with Crippen molar-refractivity contribution < 1.29 is 0 Å². The lowest BCUT2D eigenvalue weighted by Gasteiger charge is -2.13. The van der Waals surface area contributed by atoms with E-state index in [1.165, 1.54) is 33.3 Å². The summed E-state index contributed by atoms with van der Waals surface area (Å²) in [5.41, 5.74) is 7.01. The molecule has 3 N–H and O–H groups in total. The van der Waals surface area contributed by atoms with Gasteiger partial charge in [-0.15, -0.1) is 0 Å². The van der Waals surface area contributed by atoms with Crippen LogP contribution in [0, 0.1) is 20.8 Å². The molecule has 0 saturated heterocycles. The summed E-state index contributed by atoms with van der Waals surface area (Å²) in [6.07, 6.45) is 0. The first-order valence-electron chi connectivity index (χ1n) is 7.71. The van der Waals surface area contributed by atoms with Gasteiger partial charge < -0.3 is 15.6 Å². The van der Waals surface area contributed by atoms with Crippen LogP contribution in [-0.2, 0) is 6.54 Å². The van der Waals surface area contributed by atoms with Gasteiger partial charge in [0.15, 0.2) is 5.11 Å². The minimum Gasteiger partial charge on any atom is -0.359 e. The number of H-pyrrole nitrogens is 1. The van der Waals surface area contributed by atoms with Crippen molar-refractivity contribution in [3.05, 3.63) is 64.8 Å². The highest BCUT2D eigenvalue weighted by Crippen LogP contribution is 2.18. The Balaban J connectivity index is 1.64. The van der Waals surface area contributed by atoms with Gasteiger partial charge in [-0.2, -0.15) is 0 Å². The zero-order valence-electron chi connectivity index (χ0n) is 13.7. The minimum absolute atomic E-state index is 0.643. The van der Waals surface area contributed by atoms with Gasteiger partial charge in [-0.1, -0.05) is 18.2 Å². The van der Waals surface area contributed by atoms with Crippen LogP contribution in [0.4, 0.5) is 5.69 Å². The molecule has 118 valence electrons. The number of fused-ring (bicyclic) bond motifs is 1. The maximum Gasteiger partial charge on any atom is 0.171 e. The lowest BCUT2D eigenvalue weighted by Crippen LogP contribution is -2.28. The van der Waals surface area contributed by atoms with Crippen molar-refractivity contribution in [3.8, 4) is 0 Å². The Morgan fingerprint density at radius 1 is 1.04 bits per heavy atom. The van der Waals surface area contributed by atoms with Gasteiger partial charge in [-0.3, -0.25) is 0 Å². The van der Waals surface area contributed by atoms with Crippen LogP contribution in [0.3, 0.4) is 0 Å². The average molecular weight is 323 g/mol. The number of anilines is 1. The molecule has 3 aromatic rings. The average Bonchev–Trinajstić information content (AvgIpc) is 2.88. The second kappa shape index (κ2) is 6.42. The highest BCUT2D eigenvalue weighted by Gasteiger charge is 2.03. The van der Waals surface area contributed by atoms with Gasteiger partial charge in [0.2, 0.25) is 0 Å². The SMILES string of the molecule is Cc1ccc(C)c(NC(=S)NCc2ccc3[nH]c(C)cc3c2)c1. The summed E-state index contributed by atoms with van der Waals surface area (Å²) in [7, 11) is 0. The largest absolute Gasteiger partial charge is 0.359 e. The minimum atomic E-state index is 0.643. The van der Waals surface area contributed by atoms with Crippen molar-refractivity contribution in [2.75, 3.05) is 5.32 Å². The summed E-state index contributed by atoms with van der Waals surface area (Å²) in [6, 6.07) is 14.9. The molecule has 0 amide bonds. The molecule has 0 bridgehead atoms. The van der Waals surface area contributed by atoms with Crippen LogP contribution in [0.1, 0.15) is 22.4 Å². The first-order valence-corrected chi connectivity index (χ1v) is 8.12. The maximum atomic E-state index is 5.41. The normalized spacial score (nSPS) is 10.7. The van der Waals surface area contributed by atoms with Crippen molar-refractivity contribution in [2.24, 2.45) is 0 Å². The van der Waals surface area contributed by atoms with Crippen molar-refractivity contribution in [1.29, 1.82) is 0 Å². The van der Waals surface area contributed by atoms with E-state index in [9.17, 15) is 0 Å². The topological polar surface area (TPSA) is 39.8 Å². The maximum absolute atomic E-state index is 5.41. The predicted molar refractivity (Wildman–Crippen MR) is 102 cm³/mol. The molecule has 0 spiro atoms.